The van der Waals surface area contributed by atoms with Crippen molar-refractivity contribution in [3.63, 3.8) is 0 Å². The van der Waals surface area contributed by atoms with Gasteiger partial charge in [0.2, 0.25) is 5.91 Å². The Morgan fingerprint density at radius 2 is 1.76 bits per heavy atom. The zero-order chi connectivity index (χ0) is 15.3. The van der Waals surface area contributed by atoms with Crippen molar-refractivity contribution in [2.24, 2.45) is 0 Å². The third-order valence-corrected chi connectivity index (χ3v) is 4.23. The Bertz CT molecular complexity index is 491. The lowest BCUT2D eigenvalue weighted by Gasteiger charge is -2.42. The van der Waals surface area contributed by atoms with Gasteiger partial charge >= 0.3 is 0 Å². The van der Waals surface area contributed by atoms with Crippen LogP contribution in [0.15, 0.2) is 30.3 Å². The molecule has 2 rings (SSSR count). The van der Waals surface area contributed by atoms with E-state index in [0.717, 1.165) is 32.5 Å². The number of ketones is 1. The van der Waals surface area contributed by atoms with E-state index in [1.54, 1.807) is 13.8 Å². The van der Waals surface area contributed by atoms with Gasteiger partial charge in [-0.15, -0.1) is 0 Å². The summed E-state index contributed by atoms with van der Waals surface area (Å²) in [6, 6.07) is 10.2. The third kappa shape index (κ3) is 4.14. The largest absolute Gasteiger partial charge is 0.347 e. The quantitative estimate of drug-likeness (QED) is 0.902. The number of hydrogen-bond donors (Lipinski definition) is 1. The molecule has 1 heterocycles. The fraction of sp³-hybridized carbons (Fsp3) is 0.529. The molecule has 1 aromatic carbocycles. The van der Waals surface area contributed by atoms with Crippen molar-refractivity contribution in [2.45, 2.75) is 38.6 Å². The Balaban J connectivity index is 2.07. The highest BCUT2D eigenvalue weighted by molar-refractivity contribution is 5.75. The SMILES string of the molecule is CC(=O)CCN1CCC(NC(C)=O)(c2ccccc2)CC1. The zero-order valence-electron chi connectivity index (χ0n) is 12.9. The molecule has 0 saturated carbocycles. The molecule has 0 spiro atoms. The van der Waals surface area contributed by atoms with Crippen LogP contribution in [0.4, 0.5) is 0 Å². The van der Waals surface area contributed by atoms with Gasteiger partial charge in [0.25, 0.3) is 0 Å². The van der Waals surface area contributed by atoms with Gasteiger partial charge in [0.1, 0.15) is 5.78 Å². The molecule has 1 amide bonds. The van der Waals surface area contributed by atoms with Gasteiger partial charge in [-0.3, -0.25) is 9.59 Å². The van der Waals surface area contributed by atoms with Gasteiger partial charge in [-0.25, -0.2) is 0 Å². The summed E-state index contributed by atoms with van der Waals surface area (Å²) in [7, 11) is 0. The molecular weight excluding hydrogens is 264 g/mol. The molecule has 0 unspecified atom stereocenters. The number of likely N-dealkylation sites (tertiary alicyclic amines) is 1. The number of nitrogens with zero attached hydrogens (tertiary/aromatic N) is 1. The molecular formula is C17H24N2O2. The lowest BCUT2D eigenvalue weighted by molar-refractivity contribution is -0.121. The number of nitrogens with one attached hydrogen (secondary N) is 1. The second-order valence-electron chi connectivity index (χ2n) is 5.92. The minimum atomic E-state index is -0.264. The van der Waals surface area contributed by atoms with Crippen LogP contribution in [0.5, 0.6) is 0 Å². The first-order valence-corrected chi connectivity index (χ1v) is 7.58. The fourth-order valence-electron chi connectivity index (χ4n) is 3.05. The number of carbonyl (C=O) groups is 2. The summed E-state index contributed by atoms with van der Waals surface area (Å²) < 4.78 is 0. The number of Topliss-reactive ketones (excluding diaryl/α,β-unsaturated/α-hetero) is 1. The highest BCUT2D eigenvalue weighted by Gasteiger charge is 2.36. The molecule has 0 aliphatic carbocycles. The maximum atomic E-state index is 11.6. The normalized spacial score (nSPS) is 18.2. The van der Waals surface area contributed by atoms with E-state index in [1.807, 2.05) is 18.2 Å². The minimum Gasteiger partial charge on any atom is -0.347 e. The number of piperidine rings is 1. The maximum absolute atomic E-state index is 11.6. The fourth-order valence-corrected chi connectivity index (χ4v) is 3.05. The van der Waals surface area contributed by atoms with Crippen LogP contribution in [0.25, 0.3) is 0 Å². The average Bonchev–Trinajstić information content (AvgIpc) is 2.47. The van der Waals surface area contributed by atoms with Crippen LogP contribution in [0.1, 0.15) is 38.7 Å². The summed E-state index contributed by atoms with van der Waals surface area (Å²) in [6.45, 7) is 5.84. The number of rotatable bonds is 5. The van der Waals surface area contributed by atoms with Crippen molar-refractivity contribution >= 4 is 11.7 Å². The van der Waals surface area contributed by atoms with Gasteiger partial charge in [0.15, 0.2) is 0 Å². The first-order chi connectivity index (χ1) is 10.0. The van der Waals surface area contributed by atoms with E-state index in [1.165, 1.54) is 5.56 Å². The van der Waals surface area contributed by atoms with Gasteiger partial charge in [-0.2, -0.15) is 0 Å². The van der Waals surface area contributed by atoms with Crippen LogP contribution in [0.2, 0.25) is 0 Å². The van der Waals surface area contributed by atoms with Gasteiger partial charge in [0.05, 0.1) is 5.54 Å². The lowest BCUT2D eigenvalue weighted by Crippen LogP contribution is -2.52. The number of amides is 1. The van der Waals surface area contributed by atoms with Gasteiger partial charge < -0.3 is 10.2 Å². The Labute approximate surface area is 126 Å². The van der Waals surface area contributed by atoms with E-state index < -0.39 is 0 Å². The van der Waals surface area contributed by atoms with E-state index in [4.69, 9.17) is 0 Å². The van der Waals surface area contributed by atoms with Crippen LogP contribution < -0.4 is 5.32 Å². The van der Waals surface area contributed by atoms with Gasteiger partial charge in [-0.1, -0.05) is 30.3 Å². The first-order valence-electron chi connectivity index (χ1n) is 7.58. The Kier molecular flexibility index (Phi) is 5.12. The van der Waals surface area contributed by atoms with E-state index in [2.05, 4.69) is 22.3 Å². The van der Waals surface area contributed by atoms with Crippen LogP contribution in [-0.2, 0) is 15.1 Å². The van der Waals surface area contributed by atoms with Gasteiger partial charge in [-0.05, 0) is 25.3 Å². The van der Waals surface area contributed by atoms with Crippen LogP contribution >= 0.6 is 0 Å². The van der Waals surface area contributed by atoms with Crippen LogP contribution in [0.3, 0.4) is 0 Å². The molecule has 0 radical (unpaired) electrons. The van der Waals surface area contributed by atoms with Crippen molar-refractivity contribution in [3.8, 4) is 0 Å². The lowest BCUT2D eigenvalue weighted by atomic mass is 9.80. The predicted octanol–water partition coefficient (Wildman–Crippen LogP) is 2.09. The molecule has 1 aliphatic heterocycles. The molecule has 114 valence electrons. The first kappa shape index (κ1) is 15.7. The highest BCUT2D eigenvalue weighted by Crippen LogP contribution is 2.33. The molecule has 0 atom stereocenters. The number of carbonyl (C=O) groups excluding carboxylic acids is 2. The second-order valence-corrected chi connectivity index (χ2v) is 5.92. The van der Waals surface area contributed by atoms with Crippen molar-refractivity contribution in [1.29, 1.82) is 0 Å². The molecule has 0 aromatic heterocycles. The zero-order valence-corrected chi connectivity index (χ0v) is 12.9. The smallest absolute Gasteiger partial charge is 0.217 e. The number of benzene rings is 1. The average molecular weight is 288 g/mol. The van der Waals surface area contributed by atoms with E-state index in [0.29, 0.717) is 6.42 Å². The predicted molar refractivity (Wildman–Crippen MR) is 82.9 cm³/mol. The molecule has 1 N–H and O–H groups in total. The molecule has 21 heavy (non-hydrogen) atoms. The highest BCUT2D eigenvalue weighted by atomic mass is 16.1. The standard InChI is InChI=1S/C17H24N2O2/c1-14(20)8-11-19-12-9-17(10-13-19,18-15(2)21)16-6-4-3-5-7-16/h3-7H,8-13H2,1-2H3,(H,18,21). The summed E-state index contributed by atoms with van der Waals surface area (Å²) in [5.41, 5.74) is 0.909. The molecule has 1 aliphatic rings. The van der Waals surface area contributed by atoms with E-state index >= 15 is 0 Å². The van der Waals surface area contributed by atoms with Crippen LogP contribution in [0, 0.1) is 0 Å². The summed E-state index contributed by atoms with van der Waals surface area (Å²) in [5.74, 6) is 0.243. The summed E-state index contributed by atoms with van der Waals surface area (Å²) in [6.07, 6.45) is 2.38. The Hall–Kier alpha value is -1.68. The molecule has 1 aromatic rings. The molecule has 4 nitrogen and oxygen atoms in total. The Morgan fingerprint density at radius 1 is 1.14 bits per heavy atom. The van der Waals surface area contributed by atoms with Crippen LogP contribution in [-0.4, -0.2) is 36.2 Å². The summed E-state index contributed by atoms with van der Waals surface area (Å²) in [5, 5.41) is 3.16. The summed E-state index contributed by atoms with van der Waals surface area (Å²) in [4.78, 5) is 25.0. The maximum Gasteiger partial charge on any atom is 0.217 e. The molecule has 1 fully saturated rings. The van der Waals surface area contributed by atoms with Crippen molar-refractivity contribution in [2.75, 3.05) is 19.6 Å². The molecule has 0 bridgehead atoms. The topological polar surface area (TPSA) is 49.4 Å². The van der Waals surface area contributed by atoms with Gasteiger partial charge in [0, 0.05) is 33.0 Å². The minimum absolute atomic E-state index is 0.0102. The van der Waals surface area contributed by atoms with Crippen molar-refractivity contribution in [1.82, 2.24) is 10.2 Å². The van der Waals surface area contributed by atoms with Crippen molar-refractivity contribution < 1.29 is 9.59 Å². The summed E-state index contributed by atoms with van der Waals surface area (Å²) >= 11 is 0. The Morgan fingerprint density at radius 3 is 2.29 bits per heavy atom. The van der Waals surface area contributed by atoms with E-state index in [9.17, 15) is 9.59 Å². The van der Waals surface area contributed by atoms with Crippen molar-refractivity contribution in [3.05, 3.63) is 35.9 Å². The monoisotopic (exact) mass is 288 g/mol. The molecule has 4 heteroatoms. The molecule has 1 saturated heterocycles. The third-order valence-electron chi connectivity index (χ3n) is 4.23. The number of hydrogen-bond acceptors (Lipinski definition) is 3. The second kappa shape index (κ2) is 6.85. The van der Waals surface area contributed by atoms with E-state index in [-0.39, 0.29) is 17.2 Å².